The summed E-state index contributed by atoms with van der Waals surface area (Å²) < 4.78 is 11.1. The van der Waals surface area contributed by atoms with Crippen LogP contribution in [-0.4, -0.2) is 24.6 Å². The molecule has 0 aromatic heterocycles. The highest BCUT2D eigenvalue weighted by molar-refractivity contribution is 6.01. The third kappa shape index (κ3) is 1.65. The van der Waals surface area contributed by atoms with E-state index in [1.165, 1.54) is 0 Å². The Morgan fingerprint density at radius 1 is 1.43 bits per heavy atom. The summed E-state index contributed by atoms with van der Waals surface area (Å²) in [5.74, 6) is 1.71. The summed E-state index contributed by atoms with van der Waals surface area (Å²) in [6.07, 6.45) is 6.97. The van der Waals surface area contributed by atoms with E-state index < -0.39 is 0 Å². The number of allylic oxidation sites excluding steroid dienone is 3. The highest BCUT2D eigenvalue weighted by Crippen LogP contribution is 2.52. The Balaban J connectivity index is 1.97. The number of carbonyl (C=O) groups excluding carboxylic acids is 1. The van der Waals surface area contributed by atoms with Gasteiger partial charge in [0.15, 0.2) is 17.3 Å². The second-order valence-corrected chi connectivity index (χ2v) is 5.98. The fourth-order valence-electron chi connectivity index (χ4n) is 3.81. The Hall–Kier alpha value is -2.23. The van der Waals surface area contributed by atoms with E-state index in [1.807, 2.05) is 12.1 Å². The van der Waals surface area contributed by atoms with Crippen LogP contribution in [0.5, 0.6) is 11.5 Å². The van der Waals surface area contributed by atoms with Crippen LogP contribution < -0.4 is 4.74 Å². The van der Waals surface area contributed by atoms with Crippen molar-refractivity contribution in [2.45, 2.75) is 18.3 Å². The van der Waals surface area contributed by atoms with E-state index >= 15 is 0 Å². The van der Waals surface area contributed by atoms with Crippen molar-refractivity contribution in [1.29, 1.82) is 0 Å². The molecule has 0 amide bonds. The Morgan fingerprint density at radius 3 is 3.10 bits per heavy atom. The van der Waals surface area contributed by atoms with Gasteiger partial charge in [-0.25, -0.2) is 0 Å². The van der Waals surface area contributed by atoms with E-state index in [-0.39, 0.29) is 16.9 Å². The number of methoxy groups -OCH3 is 1. The molecule has 4 rings (SSSR count). The largest absolute Gasteiger partial charge is 0.504 e. The van der Waals surface area contributed by atoms with Crippen LogP contribution in [0.15, 0.2) is 36.1 Å². The number of hydrogen-bond acceptors (Lipinski definition) is 4. The Morgan fingerprint density at radius 2 is 2.29 bits per heavy atom. The molecule has 1 aromatic rings. The van der Waals surface area contributed by atoms with Crippen molar-refractivity contribution in [3.8, 4) is 11.5 Å². The van der Waals surface area contributed by atoms with Gasteiger partial charge in [-0.15, -0.1) is 0 Å². The van der Waals surface area contributed by atoms with E-state index in [9.17, 15) is 9.90 Å². The quantitative estimate of drug-likeness (QED) is 0.859. The van der Waals surface area contributed by atoms with Crippen molar-refractivity contribution < 1.29 is 19.4 Å². The fourth-order valence-corrected chi connectivity index (χ4v) is 3.81. The van der Waals surface area contributed by atoms with Gasteiger partial charge in [-0.1, -0.05) is 6.08 Å². The van der Waals surface area contributed by atoms with E-state index in [2.05, 4.69) is 0 Å². The first kappa shape index (κ1) is 12.5. The van der Waals surface area contributed by atoms with E-state index in [0.717, 1.165) is 29.7 Å². The second kappa shape index (κ2) is 4.13. The SMILES string of the molecule is COc1cc2c(cc1O)CC1COC3=CC(=O)C=CC32C1. The average Bonchev–Trinajstić information content (AvgIpc) is 2.47. The molecule has 2 atom stereocenters. The third-order valence-corrected chi connectivity index (χ3v) is 4.72. The molecular weight excluding hydrogens is 268 g/mol. The first-order valence-electron chi connectivity index (χ1n) is 7.11. The molecule has 1 saturated heterocycles. The Bertz CT molecular complexity index is 701. The average molecular weight is 284 g/mol. The molecular formula is C17H16O4. The molecule has 2 bridgehead atoms. The zero-order valence-corrected chi connectivity index (χ0v) is 11.8. The monoisotopic (exact) mass is 284 g/mol. The molecule has 4 nitrogen and oxygen atoms in total. The Labute approximate surface area is 122 Å². The van der Waals surface area contributed by atoms with Crippen molar-refractivity contribution in [2.24, 2.45) is 5.92 Å². The molecule has 2 unspecified atom stereocenters. The molecule has 1 heterocycles. The summed E-state index contributed by atoms with van der Waals surface area (Å²) in [6.45, 7) is 0.626. The van der Waals surface area contributed by atoms with Crippen molar-refractivity contribution in [3.63, 3.8) is 0 Å². The summed E-state index contributed by atoms with van der Waals surface area (Å²) in [7, 11) is 1.54. The normalized spacial score (nSPS) is 29.1. The zero-order valence-electron chi connectivity index (χ0n) is 11.8. The fraction of sp³-hybridized carbons (Fsp3) is 0.353. The van der Waals surface area contributed by atoms with Gasteiger partial charge in [0.2, 0.25) is 0 Å². The summed E-state index contributed by atoms with van der Waals surface area (Å²) in [5, 5.41) is 10.0. The molecule has 1 fully saturated rings. The highest BCUT2D eigenvalue weighted by Gasteiger charge is 2.48. The van der Waals surface area contributed by atoms with E-state index in [4.69, 9.17) is 9.47 Å². The van der Waals surface area contributed by atoms with Crippen LogP contribution in [0.25, 0.3) is 0 Å². The van der Waals surface area contributed by atoms with Gasteiger partial charge in [0.1, 0.15) is 5.76 Å². The maximum absolute atomic E-state index is 11.7. The van der Waals surface area contributed by atoms with Crippen molar-refractivity contribution >= 4 is 5.78 Å². The number of rotatable bonds is 1. The lowest BCUT2D eigenvalue weighted by Gasteiger charge is -2.47. The number of phenolic OH excluding ortho intramolecular Hbond substituents is 1. The van der Waals surface area contributed by atoms with E-state index in [0.29, 0.717) is 18.3 Å². The molecule has 1 aromatic carbocycles. The van der Waals surface area contributed by atoms with Gasteiger partial charge in [0, 0.05) is 6.08 Å². The molecule has 4 heteroatoms. The molecule has 0 saturated carbocycles. The predicted molar refractivity (Wildman–Crippen MR) is 76.3 cm³/mol. The van der Waals surface area contributed by atoms with Gasteiger partial charge in [-0.3, -0.25) is 4.79 Å². The van der Waals surface area contributed by atoms with Gasteiger partial charge in [-0.2, -0.15) is 0 Å². The van der Waals surface area contributed by atoms with Crippen molar-refractivity contribution in [3.05, 3.63) is 47.2 Å². The number of aromatic hydroxyl groups is 1. The van der Waals surface area contributed by atoms with E-state index in [1.54, 1.807) is 25.3 Å². The maximum Gasteiger partial charge on any atom is 0.181 e. The van der Waals surface area contributed by atoms with Crippen LogP contribution >= 0.6 is 0 Å². The lowest BCUT2D eigenvalue weighted by Crippen LogP contribution is -2.43. The van der Waals surface area contributed by atoms with Crippen molar-refractivity contribution in [2.75, 3.05) is 13.7 Å². The van der Waals surface area contributed by atoms with Gasteiger partial charge in [-0.05, 0) is 48.1 Å². The van der Waals surface area contributed by atoms with Crippen LogP contribution in [0.1, 0.15) is 17.5 Å². The predicted octanol–water partition coefficient (Wildman–Crippen LogP) is 2.25. The minimum atomic E-state index is -0.384. The number of fused-ring (bicyclic) bond motifs is 2. The number of ketones is 1. The summed E-state index contributed by atoms with van der Waals surface area (Å²) >= 11 is 0. The first-order chi connectivity index (χ1) is 10.1. The number of benzene rings is 1. The molecule has 2 aliphatic carbocycles. The number of phenols is 1. The van der Waals surface area contributed by atoms with Gasteiger partial charge in [0.05, 0.1) is 19.1 Å². The molecule has 108 valence electrons. The van der Waals surface area contributed by atoms with Crippen molar-refractivity contribution in [1.82, 2.24) is 0 Å². The van der Waals surface area contributed by atoms with Crippen LogP contribution in [0.3, 0.4) is 0 Å². The smallest absolute Gasteiger partial charge is 0.181 e. The second-order valence-electron chi connectivity index (χ2n) is 5.98. The number of hydrogen-bond donors (Lipinski definition) is 1. The molecule has 3 aliphatic rings. The van der Waals surface area contributed by atoms with Crippen LogP contribution in [0, 0.1) is 5.92 Å². The van der Waals surface area contributed by atoms with Gasteiger partial charge < -0.3 is 14.6 Å². The van der Waals surface area contributed by atoms with Gasteiger partial charge in [0.25, 0.3) is 0 Å². The standard InChI is InChI=1S/C17H16O4/c1-20-15-7-13-11(5-14(15)19)4-10-8-17(13)3-2-12(18)6-16(17)21-9-10/h2-3,5-7,10,19H,4,8-9H2,1H3. The van der Waals surface area contributed by atoms with Crippen LogP contribution in [0.2, 0.25) is 0 Å². The minimum Gasteiger partial charge on any atom is -0.504 e. The molecule has 1 aliphatic heterocycles. The summed E-state index contributed by atoms with van der Waals surface area (Å²) in [4.78, 5) is 11.7. The lowest BCUT2D eigenvalue weighted by molar-refractivity contribution is -0.111. The molecule has 1 spiro atoms. The zero-order chi connectivity index (χ0) is 14.6. The van der Waals surface area contributed by atoms with Crippen LogP contribution in [0.4, 0.5) is 0 Å². The summed E-state index contributed by atoms with van der Waals surface area (Å²) in [5.41, 5.74) is 1.80. The number of carbonyl (C=O) groups is 1. The van der Waals surface area contributed by atoms with Gasteiger partial charge >= 0.3 is 0 Å². The van der Waals surface area contributed by atoms with Crippen LogP contribution in [-0.2, 0) is 21.4 Å². The minimum absolute atomic E-state index is 0.0352. The molecule has 21 heavy (non-hydrogen) atoms. The summed E-state index contributed by atoms with van der Waals surface area (Å²) in [6, 6.07) is 3.67. The highest BCUT2D eigenvalue weighted by atomic mass is 16.5. The Kier molecular flexibility index (Phi) is 2.46. The molecule has 0 radical (unpaired) electrons. The third-order valence-electron chi connectivity index (χ3n) is 4.72. The topological polar surface area (TPSA) is 55.8 Å². The maximum atomic E-state index is 11.7. The number of ether oxygens (including phenoxy) is 2. The first-order valence-corrected chi connectivity index (χ1v) is 7.11. The molecule has 1 N–H and O–H groups in total. The lowest BCUT2D eigenvalue weighted by atomic mass is 9.62.